The second-order valence-corrected chi connectivity index (χ2v) is 12.1. The number of thioether (sulfide) groups is 1. The highest BCUT2D eigenvalue weighted by molar-refractivity contribution is 8.02. The fourth-order valence-electron chi connectivity index (χ4n) is 4.54. The molecule has 0 aliphatic carbocycles. The van der Waals surface area contributed by atoms with Crippen molar-refractivity contribution in [2.75, 3.05) is 37.7 Å². The van der Waals surface area contributed by atoms with Gasteiger partial charge in [-0.25, -0.2) is 13.2 Å². The summed E-state index contributed by atoms with van der Waals surface area (Å²) in [5, 5.41) is 0.443. The fraction of sp³-hybridized carbons (Fsp3) is 0.348. The Kier molecular flexibility index (Phi) is 6.28. The number of carbonyl (C=O) groups excluding carboxylic acids is 3. The summed E-state index contributed by atoms with van der Waals surface area (Å²) < 4.78 is 32.4. The first-order valence-electron chi connectivity index (χ1n) is 11.0. The quantitative estimate of drug-likeness (QED) is 0.541. The first-order valence-corrected chi connectivity index (χ1v) is 13.7. The molecular weight excluding hydrogens is 514 g/mol. The first kappa shape index (κ1) is 24.1. The van der Waals surface area contributed by atoms with E-state index in [0.29, 0.717) is 17.1 Å². The number of halogens is 1. The lowest BCUT2D eigenvalue weighted by Gasteiger charge is -2.34. The third-order valence-corrected chi connectivity index (χ3v) is 9.98. The van der Waals surface area contributed by atoms with E-state index in [1.54, 1.807) is 6.07 Å². The summed E-state index contributed by atoms with van der Waals surface area (Å²) in [5.74, 6) is -1.18. The maximum Gasteiger partial charge on any atom is 0.344 e. The molecule has 0 saturated carbocycles. The van der Waals surface area contributed by atoms with E-state index in [0.717, 1.165) is 4.90 Å². The van der Waals surface area contributed by atoms with Gasteiger partial charge in [-0.3, -0.25) is 14.5 Å². The number of amides is 2. The topological polar surface area (TPSA) is 104 Å². The molecule has 3 heterocycles. The predicted octanol–water partition coefficient (Wildman–Crippen LogP) is 2.35. The Morgan fingerprint density at radius 2 is 1.71 bits per heavy atom. The van der Waals surface area contributed by atoms with E-state index in [4.69, 9.17) is 16.3 Å². The Morgan fingerprint density at radius 1 is 1.03 bits per heavy atom. The monoisotopic (exact) mass is 535 g/mol. The largest absolute Gasteiger partial charge is 0.453 e. The van der Waals surface area contributed by atoms with Crippen molar-refractivity contribution in [1.82, 2.24) is 9.21 Å². The number of sulfonamides is 1. The van der Waals surface area contributed by atoms with Crippen molar-refractivity contribution in [3.63, 3.8) is 0 Å². The molecule has 0 spiro atoms. The Hall–Kier alpha value is -2.60. The maximum absolute atomic E-state index is 13.1. The molecule has 9 nitrogen and oxygen atoms in total. The average Bonchev–Trinajstić information content (AvgIpc) is 3.38. The number of hydrogen-bond acceptors (Lipinski definition) is 7. The fourth-order valence-corrected chi connectivity index (χ4v) is 7.50. The predicted molar refractivity (Wildman–Crippen MR) is 129 cm³/mol. The normalized spacial score (nSPS) is 22.1. The number of para-hydroxylation sites is 1. The third kappa shape index (κ3) is 4.20. The molecule has 3 aliphatic rings. The second kappa shape index (κ2) is 9.12. The molecule has 3 aliphatic heterocycles. The molecule has 35 heavy (non-hydrogen) atoms. The van der Waals surface area contributed by atoms with E-state index >= 15 is 0 Å². The minimum absolute atomic E-state index is 0.127. The molecule has 2 saturated heterocycles. The Morgan fingerprint density at radius 3 is 2.43 bits per heavy atom. The number of rotatable bonds is 5. The van der Waals surface area contributed by atoms with Gasteiger partial charge in [-0.1, -0.05) is 35.5 Å². The Bertz CT molecular complexity index is 1290. The molecule has 2 fully saturated rings. The molecular formula is C23H22ClN3O6S2. The lowest BCUT2D eigenvalue weighted by atomic mass is 10.2. The van der Waals surface area contributed by atoms with Crippen molar-refractivity contribution in [2.45, 2.75) is 27.5 Å². The summed E-state index contributed by atoms with van der Waals surface area (Å²) in [4.78, 5) is 41.1. The molecule has 0 unspecified atom stereocenters. The minimum atomic E-state index is -3.70. The highest BCUT2D eigenvalue weighted by Crippen LogP contribution is 2.56. The average molecular weight is 536 g/mol. The SMILES string of the molecule is O=C(COC(=O)[C@@]12CCC(=O)N1c1ccccc1S2)N1CCN(S(=O)(=O)c2ccc(Cl)cc2)CC1. The number of hydrogen-bond donors (Lipinski definition) is 0. The third-order valence-electron chi connectivity index (χ3n) is 6.36. The van der Waals surface area contributed by atoms with Gasteiger partial charge >= 0.3 is 5.97 Å². The molecule has 0 radical (unpaired) electrons. The van der Waals surface area contributed by atoms with Crippen LogP contribution in [0.25, 0.3) is 0 Å². The molecule has 184 valence electrons. The van der Waals surface area contributed by atoms with Gasteiger partial charge < -0.3 is 9.64 Å². The van der Waals surface area contributed by atoms with Crippen molar-refractivity contribution in [3.8, 4) is 0 Å². The highest BCUT2D eigenvalue weighted by Gasteiger charge is 2.58. The molecule has 12 heteroatoms. The zero-order chi connectivity index (χ0) is 24.8. The molecule has 2 amide bonds. The van der Waals surface area contributed by atoms with E-state index in [9.17, 15) is 22.8 Å². The summed E-state index contributed by atoms with van der Waals surface area (Å²) in [6, 6.07) is 13.2. The number of ether oxygens (including phenoxy) is 1. The van der Waals surface area contributed by atoms with Crippen molar-refractivity contribution in [2.24, 2.45) is 0 Å². The number of anilines is 1. The Balaban J connectivity index is 1.19. The van der Waals surface area contributed by atoms with E-state index in [1.165, 1.54) is 50.1 Å². The summed E-state index contributed by atoms with van der Waals surface area (Å²) >= 11 is 7.13. The number of piperazine rings is 1. The summed E-state index contributed by atoms with van der Waals surface area (Å²) in [6.45, 7) is 0.145. The second-order valence-electron chi connectivity index (χ2n) is 8.40. The molecule has 1 atom stereocenters. The number of esters is 1. The zero-order valence-corrected chi connectivity index (χ0v) is 20.9. The summed E-state index contributed by atoms with van der Waals surface area (Å²) in [7, 11) is -3.70. The molecule has 2 aromatic rings. The highest BCUT2D eigenvalue weighted by atomic mass is 35.5. The first-order chi connectivity index (χ1) is 16.7. The molecule has 0 bridgehead atoms. The van der Waals surface area contributed by atoms with E-state index < -0.39 is 33.4 Å². The van der Waals surface area contributed by atoms with Gasteiger partial charge in [-0.15, -0.1) is 0 Å². The van der Waals surface area contributed by atoms with Crippen LogP contribution in [-0.2, 0) is 29.1 Å². The molecule has 0 N–H and O–H groups in total. The van der Waals surface area contributed by atoms with Crippen LogP contribution in [0.3, 0.4) is 0 Å². The summed E-state index contributed by atoms with van der Waals surface area (Å²) in [5.41, 5.74) is 0.682. The van der Waals surface area contributed by atoms with Crippen molar-refractivity contribution < 1.29 is 27.5 Å². The smallest absolute Gasteiger partial charge is 0.344 e. The number of nitrogens with zero attached hydrogens (tertiary/aromatic N) is 3. The van der Waals surface area contributed by atoms with Crippen LogP contribution in [0.2, 0.25) is 5.02 Å². The van der Waals surface area contributed by atoms with E-state index in [-0.39, 0.29) is 43.4 Å². The van der Waals surface area contributed by atoms with Gasteiger partial charge in [-0.2, -0.15) is 4.31 Å². The molecule has 5 rings (SSSR count). The van der Waals surface area contributed by atoms with E-state index in [2.05, 4.69) is 0 Å². The molecule has 0 aromatic heterocycles. The lowest BCUT2D eigenvalue weighted by Crippen LogP contribution is -2.52. The van der Waals surface area contributed by atoms with Gasteiger partial charge in [0.05, 0.1) is 10.6 Å². The number of benzene rings is 2. The number of fused-ring (bicyclic) bond motifs is 3. The van der Waals surface area contributed by atoms with Crippen LogP contribution in [-0.4, -0.2) is 73.1 Å². The lowest BCUT2D eigenvalue weighted by molar-refractivity contribution is -0.154. The van der Waals surface area contributed by atoms with Crippen LogP contribution in [0.5, 0.6) is 0 Å². The van der Waals surface area contributed by atoms with Crippen LogP contribution < -0.4 is 4.90 Å². The Labute approximate surface area is 212 Å². The standard InChI is InChI=1S/C23H22ClN3O6S2/c24-16-5-7-17(8-6-16)35(31,32)26-13-11-25(12-14-26)21(29)15-33-22(30)23-10-9-20(28)27(23)18-3-1-2-4-19(18)34-23/h1-8H,9-15H2/t23-/m0/s1. The zero-order valence-electron chi connectivity index (χ0n) is 18.6. The maximum atomic E-state index is 13.1. The molecule has 2 aromatic carbocycles. The number of carbonyl (C=O) groups is 3. The van der Waals surface area contributed by atoms with Crippen molar-refractivity contribution in [3.05, 3.63) is 53.6 Å². The van der Waals surface area contributed by atoms with Gasteiger partial charge in [0, 0.05) is 48.9 Å². The van der Waals surface area contributed by atoms with Crippen LogP contribution in [0.1, 0.15) is 12.8 Å². The van der Waals surface area contributed by atoms with Crippen molar-refractivity contribution >= 4 is 56.9 Å². The van der Waals surface area contributed by atoms with Gasteiger partial charge in [0.25, 0.3) is 5.91 Å². The van der Waals surface area contributed by atoms with Gasteiger partial charge in [-0.05, 0) is 36.4 Å². The van der Waals surface area contributed by atoms with Crippen LogP contribution in [0.4, 0.5) is 5.69 Å². The van der Waals surface area contributed by atoms with Crippen LogP contribution >= 0.6 is 23.4 Å². The van der Waals surface area contributed by atoms with E-state index in [1.807, 2.05) is 18.2 Å². The van der Waals surface area contributed by atoms with Crippen LogP contribution in [0, 0.1) is 0 Å². The van der Waals surface area contributed by atoms with Crippen LogP contribution in [0.15, 0.2) is 58.3 Å². The van der Waals surface area contributed by atoms with Gasteiger partial charge in [0.15, 0.2) is 11.5 Å². The summed E-state index contributed by atoms with van der Waals surface area (Å²) in [6.07, 6.45) is 0.536. The minimum Gasteiger partial charge on any atom is -0.453 e. The van der Waals surface area contributed by atoms with Gasteiger partial charge in [0.1, 0.15) is 0 Å². The van der Waals surface area contributed by atoms with Gasteiger partial charge in [0.2, 0.25) is 15.9 Å². The van der Waals surface area contributed by atoms with Crippen molar-refractivity contribution in [1.29, 1.82) is 0 Å².